The zero-order valence-corrected chi connectivity index (χ0v) is 18.7. The van der Waals surface area contributed by atoms with Crippen LogP contribution < -0.4 is 10.6 Å². The summed E-state index contributed by atoms with van der Waals surface area (Å²) in [5.41, 5.74) is 0.880. The maximum Gasteiger partial charge on any atom is 0.316 e. The van der Waals surface area contributed by atoms with Crippen LogP contribution in [0.5, 0.6) is 0 Å². The number of carbonyl (C=O) groups excluding carboxylic acids is 2. The molecule has 0 spiro atoms. The molecule has 3 rings (SSSR count). The Bertz CT molecular complexity index is 1140. The Kier molecular flexibility index (Phi) is 7.81. The number of hydrogen-bond acceptors (Lipinski definition) is 9. The summed E-state index contributed by atoms with van der Waals surface area (Å²) in [5, 5.41) is 16.5. The lowest BCUT2D eigenvalue weighted by molar-refractivity contribution is -0.137. The van der Waals surface area contributed by atoms with Crippen molar-refractivity contribution in [3.8, 4) is 6.07 Å². The molecule has 1 amide bonds. The van der Waals surface area contributed by atoms with Gasteiger partial charge in [0.1, 0.15) is 10.6 Å². The Morgan fingerprint density at radius 3 is 2.84 bits per heavy atom. The highest BCUT2D eigenvalue weighted by Gasteiger charge is 2.13. The molecule has 0 aliphatic rings. The average molecular weight is 456 g/mol. The van der Waals surface area contributed by atoms with Gasteiger partial charge in [-0.05, 0) is 30.7 Å². The van der Waals surface area contributed by atoms with Crippen molar-refractivity contribution in [1.82, 2.24) is 15.3 Å². The van der Waals surface area contributed by atoms with Crippen LogP contribution in [0.1, 0.15) is 27.7 Å². The molecule has 1 aromatic carbocycles. The molecule has 0 radical (unpaired) electrons. The second kappa shape index (κ2) is 10.7. The van der Waals surface area contributed by atoms with Gasteiger partial charge in [-0.25, -0.2) is 9.97 Å². The van der Waals surface area contributed by atoms with E-state index in [-0.39, 0.29) is 17.6 Å². The Hall–Kier alpha value is -3.16. The van der Waals surface area contributed by atoms with Gasteiger partial charge in [0.15, 0.2) is 5.16 Å². The average Bonchev–Trinajstić information content (AvgIpc) is 3.23. The van der Waals surface area contributed by atoms with E-state index in [1.54, 1.807) is 35.6 Å². The van der Waals surface area contributed by atoms with E-state index in [9.17, 15) is 9.59 Å². The van der Waals surface area contributed by atoms with Crippen molar-refractivity contribution in [3.05, 3.63) is 46.3 Å². The predicted molar refractivity (Wildman–Crippen MR) is 122 cm³/mol. The third kappa shape index (κ3) is 5.93. The number of carbonyl (C=O) groups is 2. The Morgan fingerprint density at radius 2 is 2.10 bits per heavy atom. The molecule has 0 aliphatic heterocycles. The molecule has 2 N–H and O–H groups in total. The van der Waals surface area contributed by atoms with Crippen LogP contribution in [0.25, 0.3) is 10.2 Å². The monoisotopic (exact) mass is 455 g/mol. The lowest BCUT2D eigenvalue weighted by Crippen LogP contribution is -2.29. The van der Waals surface area contributed by atoms with Crippen LogP contribution in [-0.2, 0) is 16.0 Å². The lowest BCUT2D eigenvalue weighted by Gasteiger charge is -2.10. The number of nitrogens with zero attached hydrogens (tertiary/aromatic N) is 3. The van der Waals surface area contributed by atoms with E-state index >= 15 is 0 Å². The van der Waals surface area contributed by atoms with Crippen LogP contribution in [0.4, 0.5) is 5.82 Å². The smallest absolute Gasteiger partial charge is 0.316 e. The molecule has 0 fully saturated rings. The molecule has 31 heavy (non-hydrogen) atoms. The number of thiophene rings is 1. The highest BCUT2D eigenvalue weighted by Crippen LogP contribution is 2.31. The van der Waals surface area contributed by atoms with Crippen LogP contribution in [-0.4, -0.2) is 47.8 Å². The fourth-order valence-corrected chi connectivity index (χ4v) is 4.40. The number of aromatic nitrogens is 2. The normalized spacial score (nSPS) is 10.5. The summed E-state index contributed by atoms with van der Waals surface area (Å²) in [4.78, 5) is 34.9. The number of benzene rings is 1. The Labute approximate surface area is 188 Å². The molecule has 2 aromatic heterocycles. The number of thioether (sulfide) groups is 1. The summed E-state index contributed by atoms with van der Waals surface area (Å²) in [5.74, 6) is 0.205. The fourth-order valence-electron chi connectivity index (χ4n) is 2.70. The molecule has 0 saturated heterocycles. The fraction of sp³-hybridized carbons (Fsp3) is 0.286. The number of hydrogen-bond donors (Lipinski definition) is 2. The third-order valence-corrected chi connectivity index (χ3v) is 6.27. The summed E-state index contributed by atoms with van der Waals surface area (Å²) in [6, 6.07) is 10.6. The molecule has 0 aliphatic carbocycles. The number of ether oxygens (including phenoxy) is 1. The summed E-state index contributed by atoms with van der Waals surface area (Å²) in [6.07, 6.45) is 0.892. The first-order valence-electron chi connectivity index (χ1n) is 9.56. The predicted octanol–water partition coefficient (Wildman–Crippen LogP) is 3.23. The number of amides is 1. The zero-order chi connectivity index (χ0) is 22.2. The van der Waals surface area contributed by atoms with Crippen LogP contribution >= 0.6 is 23.1 Å². The molecule has 0 saturated carbocycles. The van der Waals surface area contributed by atoms with Crippen LogP contribution in [0.15, 0.2) is 35.5 Å². The number of nitriles is 1. The SMILES string of the molecule is CCc1cc2c(NCCNC(=O)c3cccc(C#N)c3)nc(SCC(=O)OC)nc2s1. The van der Waals surface area contributed by atoms with Gasteiger partial charge in [-0.3, -0.25) is 9.59 Å². The van der Waals surface area contributed by atoms with Crippen molar-refractivity contribution in [2.24, 2.45) is 0 Å². The van der Waals surface area contributed by atoms with Crippen molar-refractivity contribution in [2.45, 2.75) is 18.5 Å². The van der Waals surface area contributed by atoms with Crippen LogP contribution in [0, 0.1) is 11.3 Å². The second-order valence-electron chi connectivity index (χ2n) is 6.38. The number of nitrogens with one attached hydrogen (secondary N) is 2. The molecule has 0 atom stereocenters. The van der Waals surface area contributed by atoms with Crippen molar-refractivity contribution in [1.29, 1.82) is 5.26 Å². The van der Waals surface area contributed by atoms with Gasteiger partial charge in [0.2, 0.25) is 0 Å². The van der Waals surface area contributed by atoms with Gasteiger partial charge < -0.3 is 15.4 Å². The minimum atomic E-state index is -0.341. The van der Waals surface area contributed by atoms with E-state index in [1.165, 1.54) is 23.7 Å². The van der Waals surface area contributed by atoms with Gasteiger partial charge >= 0.3 is 5.97 Å². The first-order chi connectivity index (χ1) is 15.0. The van der Waals surface area contributed by atoms with E-state index in [0.717, 1.165) is 16.6 Å². The molecule has 10 heteroatoms. The van der Waals surface area contributed by atoms with Gasteiger partial charge in [-0.15, -0.1) is 11.3 Å². The largest absolute Gasteiger partial charge is 0.468 e. The van der Waals surface area contributed by atoms with Crippen molar-refractivity contribution in [3.63, 3.8) is 0 Å². The summed E-state index contributed by atoms with van der Waals surface area (Å²) in [6.45, 7) is 2.90. The molecule has 3 aromatic rings. The Balaban J connectivity index is 1.66. The maximum absolute atomic E-state index is 12.3. The Morgan fingerprint density at radius 1 is 1.26 bits per heavy atom. The van der Waals surface area contributed by atoms with Gasteiger partial charge in [-0.1, -0.05) is 24.8 Å². The number of anilines is 1. The standard InChI is InChI=1S/C21H21N5O3S2/c1-3-15-10-16-18(25-21(26-20(16)31-15)30-12-17(27)29-2)23-7-8-24-19(28)14-6-4-5-13(9-14)11-22/h4-6,9-10H,3,7-8,12H2,1-2H3,(H,24,28)(H,23,25,26). The van der Waals surface area contributed by atoms with Gasteiger partial charge in [0.05, 0.1) is 29.9 Å². The van der Waals surface area contributed by atoms with E-state index in [4.69, 9.17) is 5.26 Å². The molecule has 2 heterocycles. The van der Waals surface area contributed by atoms with E-state index in [0.29, 0.717) is 35.2 Å². The highest BCUT2D eigenvalue weighted by atomic mass is 32.2. The van der Waals surface area contributed by atoms with E-state index < -0.39 is 0 Å². The van der Waals surface area contributed by atoms with Gasteiger partial charge in [0, 0.05) is 23.5 Å². The van der Waals surface area contributed by atoms with Crippen LogP contribution in [0.2, 0.25) is 0 Å². The van der Waals surface area contributed by atoms with Crippen molar-refractivity contribution < 1.29 is 14.3 Å². The summed E-state index contributed by atoms with van der Waals surface area (Å²) in [7, 11) is 1.34. The topological polar surface area (TPSA) is 117 Å². The van der Waals surface area contributed by atoms with Gasteiger partial charge in [0.25, 0.3) is 5.91 Å². The zero-order valence-electron chi connectivity index (χ0n) is 17.1. The molecule has 0 unspecified atom stereocenters. The van der Waals surface area contributed by atoms with Crippen molar-refractivity contribution >= 4 is 51.0 Å². The second-order valence-corrected chi connectivity index (χ2v) is 8.44. The number of fused-ring (bicyclic) bond motifs is 1. The summed E-state index contributed by atoms with van der Waals surface area (Å²) < 4.78 is 4.68. The first-order valence-corrected chi connectivity index (χ1v) is 11.4. The maximum atomic E-state index is 12.3. The van der Waals surface area contributed by atoms with Crippen molar-refractivity contribution in [2.75, 3.05) is 31.3 Å². The molecular formula is C21H21N5O3S2. The minimum absolute atomic E-state index is 0.130. The number of aryl methyl sites for hydroxylation is 1. The molecular weight excluding hydrogens is 434 g/mol. The molecule has 160 valence electrons. The van der Waals surface area contributed by atoms with Gasteiger partial charge in [-0.2, -0.15) is 5.26 Å². The van der Waals surface area contributed by atoms with Crippen LogP contribution in [0.3, 0.4) is 0 Å². The molecule has 0 bridgehead atoms. The third-order valence-electron chi connectivity index (χ3n) is 4.28. The number of methoxy groups -OCH3 is 1. The van der Waals surface area contributed by atoms with E-state index in [2.05, 4.69) is 38.3 Å². The lowest BCUT2D eigenvalue weighted by atomic mass is 10.1. The number of rotatable bonds is 9. The summed E-state index contributed by atoms with van der Waals surface area (Å²) >= 11 is 2.81. The minimum Gasteiger partial charge on any atom is -0.468 e. The number of esters is 1. The highest BCUT2D eigenvalue weighted by molar-refractivity contribution is 7.99. The quantitative estimate of drug-likeness (QED) is 0.219. The molecule has 8 nitrogen and oxygen atoms in total. The van der Waals surface area contributed by atoms with E-state index in [1.807, 2.05) is 6.07 Å². The first kappa shape index (κ1) is 22.5.